The Hall–Kier alpha value is -1.10. The Kier molecular flexibility index (Phi) is 4.21. The van der Waals surface area contributed by atoms with Crippen molar-refractivity contribution in [3.05, 3.63) is 7.05 Å². The number of hydrogen-bond donors (Lipinski definition) is 3. The van der Waals surface area contributed by atoms with E-state index in [0.29, 0.717) is 0 Å². The molecular formula is C6H12N3O2. The van der Waals surface area contributed by atoms with E-state index in [4.69, 9.17) is 11.5 Å². The summed E-state index contributed by atoms with van der Waals surface area (Å²) in [5, 5.41) is 2.12. The third-order valence-electron chi connectivity index (χ3n) is 1.21. The lowest BCUT2D eigenvalue weighted by molar-refractivity contribution is -0.122. The van der Waals surface area contributed by atoms with Crippen LogP contribution >= 0.6 is 0 Å². The monoisotopic (exact) mass is 158 g/mol. The number of primary amides is 1. The highest BCUT2D eigenvalue weighted by Crippen LogP contribution is 1.92. The summed E-state index contributed by atoms with van der Waals surface area (Å²) in [6.07, 6.45) is 0.380. The maximum absolute atomic E-state index is 10.7. The van der Waals surface area contributed by atoms with Gasteiger partial charge in [-0.15, -0.1) is 0 Å². The molecule has 0 saturated heterocycles. The minimum absolute atomic E-state index is 0.120. The first kappa shape index (κ1) is 9.90. The molecule has 0 bridgehead atoms. The molecule has 5 N–H and O–H groups in total. The zero-order valence-corrected chi connectivity index (χ0v) is 6.17. The lowest BCUT2D eigenvalue weighted by Crippen LogP contribution is -2.38. The molecule has 0 aromatic carbocycles. The average Bonchev–Trinajstić information content (AvgIpc) is 1.98. The van der Waals surface area contributed by atoms with Crippen molar-refractivity contribution in [1.29, 1.82) is 0 Å². The number of carbonyl (C=O) groups is 2. The fourth-order valence-electron chi connectivity index (χ4n) is 0.560. The Bertz CT molecular complexity index is 158. The van der Waals surface area contributed by atoms with Gasteiger partial charge in [0.05, 0.1) is 6.04 Å². The second kappa shape index (κ2) is 4.68. The Morgan fingerprint density at radius 2 is 2.09 bits per heavy atom. The third-order valence-corrected chi connectivity index (χ3v) is 1.21. The summed E-state index contributed by atoms with van der Waals surface area (Å²) in [5.74, 6) is -0.844. The Labute approximate surface area is 65.1 Å². The highest BCUT2D eigenvalue weighted by Gasteiger charge is 2.11. The first-order chi connectivity index (χ1) is 5.07. The Morgan fingerprint density at radius 3 is 2.45 bits per heavy atom. The van der Waals surface area contributed by atoms with Crippen LogP contribution in [0.15, 0.2) is 0 Å². The Morgan fingerprint density at radius 1 is 1.55 bits per heavy atom. The van der Waals surface area contributed by atoms with Crippen LogP contribution in [-0.4, -0.2) is 17.9 Å². The summed E-state index contributed by atoms with van der Waals surface area (Å²) in [4.78, 5) is 20.9. The molecule has 2 amide bonds. The van der Waals surface area contributed by atoms with Crippen LogP contribution in [0.3, 0.4) is 0 Å². The molecule has 0 heterocycles. The van der Waals surface area contributed by atoms with Crippen molar-refractivity contribution in [2.24, 2.45) is 11.5 Å². The van der Waals surface area contributed by atoms with E-state index in [1.54, 1.807) is 0 Å². The van der Waals surface area contributed by atoms with E-state index in [1.807, 2.05) is 0 Å². The van der Waals surface area contributed by atoms with Crippen LogP contribution in [0, 0.1) is 7.05 Å². The Balaban J connectivity index is 3.60. The van der Waals surface area contributed by atoms with Crippen LogP contribution in [0.2, 0.25) is 0 Å². The van der Waals surface area contributed by atoms with Gasteiger partial charge in [-0.05, 0) is 6.42 Å². The number of nitrogens with one attached hydrogen (secondary N) is 1. The maximum Gasteiger partial charge on any atom is 0.236 e. The third kappa shape index (κ3) is 4.32. The van der Waals surface area contributed by atoms with Gasteiger partial charge in [-0.3, -0.25) is 9.59 Å². The summed E-state index contributed by atoms with van der Waals surface area (Å²) in [7, 11) is 3.14. The lowest BCUT2D eigenvalue weighted by Gasteiger charge is -2.06. The molecule has 0 spiro atoms. The fourth-order valence-corrected chi connectivity index (χ4v) is 0.560. The van der Waals surface area contributed by atoms with Crippen LogP contribution in [0.4, 0.5) is 0 Å². The summed E-state index contributed by atoms with van der Waals surface area (Å²) >= 11 is 0. The quantitative estimate of drug-likeness (QED) is 0.463. The van der Waals surface area contributed by atoms with Gasteiger partial charge < -0.3 is 16.8 Å². The van der Waals surface area contributed by atoms with Gasteiger partial charge in [0.25, 0.3) is 0 Å². The predicted octanol–water partition coefficient (Wildman–Crippen LogP) is -1.51. The van der Waals surface area contributed by atoms with E-state index >= 15 is 0 Å². The van der Waals surface area contributed by atoms with Gasteiger partial charge in [0.2, 0.25) is 11.8 Å². The number of hydrogen-bond acceptors (Lipinski definition) is 3. The minimum Gasteiger partial charge on any atom is -0.370 e. The summed E-state index contributed by atoms with van der Waals surface area (Å²) < 4.78 is 0. The van der Waals surface area contributed by atoms with Gasteiger partial charge in [0.1, 0.15) is 0 Å². The fraction of sp³-hybridized carbons (Fsp3) is 0.500. The molecule has 1 unspecified atom stereocenters. The topological polar surface area (TPSA) is 98.2 Å². The highest BCUT2D eigenvalue weighted by atomic mass is 16.2. The molecule has 0 aliphatic carbocycles. The number of nitrogens with two attached hydrogens (primary N) is 2. The van der Waals surface area contributed by atoms with Crippen molar-refractivity contribution in [3.63, 3.8) is 0 Å². The summed E-state index contributed by atoms with van der Waals surface area (Å²) in [6, 6.07) is -0.694. The molecule has 0 aliphatic heterocycles. The molecule has 1 radical (unpaired) electrons. The zero-order chi connectivity index (χ0) is 8.85. The number of rotatable bonds is 4. The molecule has 0 rings (SSSR count). The lowest BCUT2D eigenvalue weighted by atomic mass is 10.1. The molecule has 5 heteroatoms. The second-order valence-electron chi connectivity index (χ2n) is 2.15. The molecule has 0 fully saturated rings. The van der Waals surface area contributed by atoms with Gasteiger partial charge in [-0.1, -0.05) is 0 Å². The van der Waals surface area contributed by atoms with Gasteiger partial charge in [-0.25, -0.2) is 0 Å². The zero-order valence-electron chi connectivity index (χ0n) is 6.17. The highest BCUT2D eigenvalue weighted by molar-refractivity contribution is 5.82. The smallest absolute Gasteiger partial charge is 0.236 e. The van der Waals surface area contributed by atoms with Crippen molar-refractivity contribution >= 4 is 11.8 Å². The number of carbonyl (C=O) groups excluding carboxylic acids is 2. The van der Waals surface area contributed by atoms with Crippen LogP contribution in [-0.2, 0) is 9.59 Å². The first-order valence-electron chi connectivity index (χ1n) is 3.18. The summed E-state index contributed by atoms with van der Waals surface area (Å²) in [6.45, 7) is 0. The van der Waals surface area contributed by atoms with Gasteiger partial charge in [-0.2, -0.15) is 0 Å². The largest absolute Gasteiger partial charge is 0.370 e. The molecule has 0 saturated carbocycles. The van der Waals surface area contributed by atoms with Crippen LogP contribution in [0.1, 0.15) is 12.8 Å². The van der Waals surface area contributed by atoms with E-state index in [1.165, 1.54) is 0 Å². The summed E-state index contributed by atoms with van der Waals surface area (Å²) in [5.41, 5.74) is 10.2. The SMILES string of the molecule is [CH2]NC(=O)C(N)CCC(N)=O. The molecule has 63 valence electrons. The van der Waals surface area contributed by atoms with Gasteiger partial charge in [0, 0.05) is 13.5 Å². The van der Waals surface area contributed by atoms with Crippen LogP contribution in [0.5, 0.6) is 0 Å². The predicted molar refractivity (Wildman–Crippen MR) is 39.9 cm³/mol. The van der Waals surface area contributed by atoms with Crippen molar-refractivity contribution in [2.45, 2.75) is 18.9 Å². The molecule has 5 nitrogen and oxygen atoms in total. The molecular weight excluding hydrogens is 146 g/mol. The second-order valence-corrected chi connectivity index (χ2v) is 2.15. The standard InChI is InChI=1S/C6H12N3O2/c1-9-6(11)4(7)2-3-5(8)10/h4H,1-3,7H2,(H2,8,10)(H,9,11). The van der Waals surface area contributed by atoms with Crippen LogP contribution < -0.4 is 16.8 Å². The van der Waals surface area contributed by atoms with E-state index in [2.05, 4.69) is 12.4 Å². The van der Waals surface area contributed by atoms with E-state index in [-0.39, 0.29) is 18.7 Å². The van der Waals surface area contributed by atoms with Crippen molar-refractivity contribution < 1.29 is 9.59 Å². The normalized spacial score (nSPS) is 12.2. The van der Waals surface area contributed by atoms with E-state index in [0.717, 1.165) is 0 Å². The molecule has 0 aliphatic rings. The van der Waals surface area contributed by atoms with Gasteiger partial charge >= 0.3 is 0 Å². The van der Waals surface area contributed by atoms with E-state index in [9.17, 15) is 9.59 Å². The van der Waals surface area contributed by atoms with Crippen molar-refractivity contribution in [3.8, 4) is 0 Å². The minimum atomic E-state index is -0.694. The van der Waals surface area contributed by atoms with Crippen molar-refractivity contribution in [1.82, 2.24) is 5.32 Å². The average molecular weight is 158 g/mol. The van der Waals surface area contributed by atoms with E-state index < -0.39 is 11.9 Å². The van der Waals surface area contributed by atoms with Crippen molar-refractivity contribution in [2.75, 3.05) is 0 Å². The molecule has 0 aromatic heterocycles. The van der Waals surface area contributed by atoms with Gasteiger partial charge in [0.15, 0.2) is 0 Å². The first-order valence-corrected chi connectivity index (χ1v) is 3.18. The number of amides is 2. The maximum atomic E-state index is 10.7. The molecule has 0 aromatic rings. The molecule has 1 atom stereocenters. The molecule has 11 heavy (non-hydrogen) atoms. The van der Waals surface area contributed by atoms with Crippen LogP contribution in [0.25, 0.3) is 0 Å².